The Kier molecular flexibility index (Phi) is 2.53. The van der Waals surface area contributed by atoms with Crippen molar-refractivity contribution in [3.05, 3.63) is 47.0 Å². The van der Waals surface area contributed by atoms with E-state index in [1.54, 1.807) is 12.1 Å². The van der Waals surface area contributed by atoms with Crippen molar-refractivity contribution in [2.45, 2.75) is 0 Å². The van der Waals surface area contributed by atoms with Crippen LogP contribution in [0.4, 0.5) is 17.2 Å². The quantitative estimate of drug-likeness (QED) is 0.674. The summed E-state index contributed by atoms with van der Waals surface area (Å²) in [7, 11) is 0. The number of nitrogen functional groups attached to an aromatic ring is 1. The fourth-order valence-electron chi connectivity index (χ4n) is 1.58. The van der Waals surface area contributed by atoms with Crippen LogP contribution in [0.25, 0.3) is 5.78 Å². The predicted molar refractivity (Wildman–Crippen MR) is 68.6 cm³/mol. The number of nitrogens with zero attached hydrogens (tertiary/aromatic N) is 5. The van der Waals surface area contributed by atoms with E-state index in [1.807, 2.05) is 18.2 Å². The fraction of sp³-hybridized carbons (Fsp3) is 0. The molecular formula is C11H9N7O. The van der Waals surface area contributed by atoms with E-state index in [0.29, 0.717) is 5.69 Å². The second-order valence-electron chi connectivity index (χ2n) is 3.72. The van der Waals surface area contributed by atoms with E-state index in [-0.39, 0.29) is 17.3 Å². The van der Waals surface area contributed by atoms with Gasteiger partial charge in [-0.3, -0.25) is 9.78 Å². The molecule has 1 aromatic carbocycles. The molecule has 0 atom stereocenters. The molecule has 3 rings (SSSR count). The summed E-state index contributed by atoms with van der Waals surface area (Å²) >= 11 is 0. The van der Waals surface area contributed by atoms with Gasteiger partial charge in [0.25, 0.3) is 5.56 Å². The number of aromatic amines is 1. The van der Waals surface area contributed by atoms with Crippen LogP contribution in [-0.2, 0) is 0 Å². The molecular weight excluding hydrogens is 246 g/mol. The molecule has 0 bridgehead atoms. The first-order valence-corrected chi connectivity index (χ1v) is 5.44. The van der Waals surface area contributed by atoms with Gasteiger partial charge in [-0.1, -0.05) is 18.2 Å². The smallest absolute Gasteiger partial charge is 0.282 e. The van der Waals surface area contributed by atoms with Gasteiger partial charge in [-0.15, -0.1) is 5.11 Å². The van der Waals surface area contributed by atoms with Crippen molar-refractivity contribution >= 4 is 23.0 Å². The van der Waals surface area contributed by atoms with Crippen LogP contribution < -0.4 is 11.3 Å². The number of nitrogens with one attached hydrogen (secondary N) is 1. The van der Waals surface area contributed by atoms with Crippen LogP contribution in [0.15, 0.2) is 51.7 Å². The number of hydrogen-bond acceptors (Lipinski definition) is 6. The molecule has 0 saturated heterocycles. The van der Waals surface area contributed by atoms with E-state index in [4.69, 9.17) is 5.73 Å². The lowest BCUT2D eigenvalue weighted by Crippen LogP contribution is -2.13. The maximum atomic E-state index is 11.8. The highest BCUT2D eigenvalue weighted by Gasteiger charge is 2.10. The van der Waals surface area contributed by atoms with Gasteiger partial charge in [0.2, 0.25) is 5.78 Å². The first kappa shape index (κ1) is 11.1. The standard InChI is InChI=1S/C11H9N7O/c12-9-8(17-16-7-4-2-1-3-5-7)10(19)15-11-13-6-14-18(9)11/h1-6H,12H2,(H,13,14,15,19). The third-order valence-electron chi connectivity index (χ3n) is 2.48. The molecule has 3 N–H and O–H groups in total. The first-order chi connectivity index (χ1) is 9.25. The third-order valence-corrected chi connectivity index (χ3v) is 2.48. The summed E-state index contributed by atoms with van der Waals surface area (Å²) < 4.78 is 1.29. The average Bonchev–Trinajstić information content (AvgIpc) is 2.88. The van der Waals surface area contributed by atoms with Crippen LogP contribution in [0.2, 0.25) is 0 Å². The molecule has 0 radical (unpaired) electrons. The summed E-state index contributed by atoms with van der Waals surface area (Å²) in [6.45, 7) is 0. The number of aromatic nitrogens is 4. The molecule has 0 aliphatic rings. The van der Waals surface area contributed by atoms with Crippen molar-refractivity contribution in [2.24, 2.45) is 10.2 Å². The minimum Gasteiger partial charge on any atom is -0.382 e. The van der Waals surface area contributed by atoms with Gasteiger partial charge >= 0.3 is 0 Å². The number of rotatable bonds is 2. The summed E-state index contributed by atoms with van der Waals surface area (Å²) in [4.78, 5) is 18.2. The third kappa shape index (κ3) is 1.95. The largest absolute Gasteiger partial charge is 0.382 e. The summed E-state index contributed by atoms with van der Waals surface area (Å²) in [5.41, 5.74) is 5.98. The highest BCUT2D eigenvalue weighted by atomic mass is 16.1. The van der Waals surface area contributed by atoms with Gasteiger partial charge in [0.05, 0.1) is 5.69 Å². The maximum absolute atomic E-state index is 11.8. The van der Waals surface area contributed by atoms with E-state index >= 15 is 0 Å². The van der Waals surface area contributed by atoms with Gasteiger partial charge in [-0.05, 0) is 12.1 Å². The van der Waals surface area contributed by atoms with Crippen molar-refractivity contribution in [3.63, 3.8) is 0 Å². The van der Waals surface area contributed by atoms with Crippen molar-refractivity contribution in [2.75, 3.05) is 5.73 Å². The van der Waals surface area contributed by atoms with Crippen molar-refractivity contribution < 1.29 is 0 Å². The van der Waals surface area contributed by atoms with Crippen LogP contribution in [0.3, 0.4) is 0 Å². The second-order valence-corrected chi connectivity index (χ2v) is 3.72. The van der Waals surface area contributed by atoms with Crippen LogP contribution >= 0.6 is 0 Å². The topological polar surface area (TPSA) is 114 Å². The van der Waals surface area contributed by atoms with E-state index in [1.165, 1.54) is 10.8 Å². The van der Waals surface area contributed by atoms with E-state index in [2.05, 4.69) is 25.3 Å². The normalized spacial score (nSPS) is 11.4. The number of benzene rings is 1. The Morgan fingerprint density at radius 3 is 2.79 bits per heavy atom. The van der Waals surface area contributed by atoms with Gasteiger partial charge in [-0.2, -0.15) is 19.7 Å². The number of fused-ring (bicyclic) bond motifs is 1. The Bertz CT molecular complexity index is 803. The summed E-state index contributed by atoms with van der Waals surface area (Å²) in [6, 6.07) is 9.04. The Hall–Kier alpha value is -3.03. The van der Waals surface area contributed by atoms with Crippen molar-refractivity contribution in [3.8, 4) is 0 Å². The lowest BCUT2D eigenvalue weighted by Gasteiger charge is -2.00. The van der Waals surface area contributed by atoms with Gasteiger partial charge < -0.3 is 5.73 Å². The maximum Gasteiger partial charge on any atom is 0.282 e. The molecule has 0 aliphatic heterocycles. The number of anilines is 1. The average molecular weight is 255 g/mol. The molecule has 8 nitrogen and oxygen atoms in total. The number of H-pyrrole nitrogens is 1. The zero-order valence-corrected chi connectivity index (χ0v) is 9.69. The van der Waals surface area contributed by atoms with Gasteiger partial charge in [0.15, 0.2) is 11.5 Å². The highest BCUT2D eigenvalue weighted by molar-refractivity contribution is 5.59. The minimum atomic E-state index is -0.460. The Morgan fingerprint density at radius 1 is 1.21 bits per heavy atom. The molecule has 0 unspecified atom stereocenters. The Morgan fingerprint density at radius 2 is 2.00 bits per heavy atom. The van der Waals surface area contributed by atoms with Crippen molar-refractivity contribution in [1.29, 1.82) is 0 Å². The van der Waals surface area contributed by atoms with Crippen molar-refractivity contribution in [1.82, 2.24) is 19.6 Å². The molecule has 3 aromatic rings. The monoisotopic (exact) mass is 255 g/mol. The summed E-state index contributed by atoms with van der Waals surface area (Å²) in [6.07, 6.45) is 1.29. The lowest BCUT2D eigenvalue weighted by molar-refractivity contribution is 0.937. The van der Waals surface area contributed by atoms with Crippen LogP contribution in [0.1, 0.15) is 0 Å². The molecule has 0 spiro atoms. The number of hydrogen-bond donors (Lipinski definition) is 2. The highest BCUT2D eigenvalue weighted by Crippen LogP contribution is 2.19. The summed E-state index contributed by atoms with van der Waals surface area (Å²) in [5, 5.41) is 11.7. The molecule has 0 amide bonds. The van der Waals surface area contributed by atoms with E-state index < -0.39 is 5.56 Å². The zero-order valence-electron chi connectivity index (χ0n) is 9.69. The Labute approximate surface area is 106 Å². The fourth-order valence-corrected chi connectivity index (χ4v) is 1.58. The van der Waals surface area contributed by atoms with Crippen LogP contribution in [0.5, 0.6) is 0 Å². The van der Waals surface area contributed by atoms with E-state index in [9.17, 15) is 4.79 Å². The molecule has 2 aromatic heterocycles. The SMILES string of the molecule is Nc1c(N=Nc2ccccc2)c(=O)[nH]c2ncnn12. The molecule has 8 heteroatoms. The second kappa shape index (κ2) is 4.33. The van der Waals surface area contributed by atoms with Gasteiger partial charge in [0.1, 0.15) is 6.33 Å². The minimum absolute atomic E-state index is 0.00172. The van der Waals surface area contributed by atoms with E-state index in [0.717, 1.165) is 0 Å². The van der Waals surface area contributed by atoms with Gasteiger partial charge in [-0.25, -0.2) is 0 Å². The number of nitrogens with two attached hydrogens (primary N) is 1. The number of azo groups is 1. The molecule has 19 heavy (non-hydrogen) atoms. The molecule has 0 aliphatic carbocycles. The molecule has 0 fully saturated rings. The van der Waals surface area contributed by atoms with Crippen LogP contribution in [0, 0.1) is 0 Å². The lowest BCUT2D eigenvalue weighted by atomic mass is 10.3. The predicted octanol–water partition coefficient (Wildman–Crippen LogP) is 1.42. The Balaban J connectivity index is 2.10. The zero-order chi connectivity index (χ0) is 13.2. The molecule has 0 saturated carbocycles. The first-order valence-electron chi connectivity index (χ1n) is 5.44. The van der Waals surface area contributed by atoms with Crippen LogP contribution in [-0.4, -0.2) is 19.6 Å². The molecule has 2 heterocycles. The molecule has 94 valence electrons. The summed E-state index contributed by atoms with van der Waals surface area (Å²) in [5.74, 6) is 0.358. The van der Waals surface area contributed by atoms with Gasteiger partial charge in [0, 0.05) is 0 Å².